The van der Waals surface area contributed by atoms with E-state index in [4.69, 9.17) is 0 Å². The smallest absolute Gasteiger partial charge is 0.0213 e. The summed E-state index contributed by atoms with van der Waals surface area (Å²) in [5.74, 6) is 5.72. The molecule has 0 spiro atoms. The van der Waals surface area contributed by atoms with E-state index in [0.29, 0.717) is 16.5 Å². The molecule has 46 heavy (non-hydrogen) atoms. The number of benzene rings is 3. The van der Waals surface area contributed by atoms with Crippen LogP contribution in [0.15, 0.2) is 72.8 Å². The first-order chi connectivity index (χ1) is 22.1. The van der Waals surface area contributed by atoms with Gasteiger partial charge in [0, 0.05) is 10.8 Å². The maximum Gasteiger partial charge on any atom is 0.0213 e. The van der Waals surface area contributed by atoms with E-state index >= 15 is 0 Å². The van der Waals surface area contributed by atoms with Gasteiger partial charge in [0.25, 0.3) is 0 Å². The minimum atomic E-state index is 0.111. The van der Waals surface area contributed by atoms with E-state index < -0.39 is 0 Å². The Hall–Kier alpha value is -1.48. The van der Waals surface area contributed by atoms with Crippen LogP contribution in [0.3, 0.4) is 0 Å². The van der Waals surface area contributed by atoms with Gasteiger partial charge in [-0.3, -0.25) is 0 Å². The van der Waals surface area contributed by atoms with Gasteiger partial charge in [0.05, 0.1) is 0 Å². The Kier molecular flexibility index (Phi) is 7.15. The highest BCUT2D eigenvalue weighted by Crippen LogP contribution is 2.79. The van der Waals surface area contributed by atoms with Crippen molar-refractivity contribution in [3.63, 3.8) is 0 Å². The van der Waals surface area contributed by atoms with Crippen molar-refractivity contribution in [2.45, 2.75) is 109 Å². The standard InChI is InChI=1S/C44H56P2/c1-41(2,3)40(45)38-20-36(34-10-6-4-7-11-34)37(35-12-8-5-9-13-35)21-39(38)44(46,42-22-28-14-29(23-42)16-30(15-28)24-42)43-25-31-17-32(26-43)19-33(18-31)27-43/h4-13,20-21,28-33,40H,14-19,22-27,45-46H2,1-3H3. The molecule has 0 aromatic heterocycles. The van der Waals surface area contributed by atoms with Crippen LogP contribution in [0.2, 0.25) is 0 Å². The fourth-order valence-corrected chi connectivity index (χ4v) is 14.9. The van der Waals surface area contributed by atoms with E-state index in [-0.39, 0.29) is 10.6 Å². The fourth-order valence-electron chi connectivity index (χ4n) is 13.7. The van der Waals surface area contributed by atoms with E-state index in [9.17, 15) is 0 Å². The van der Waals surface area contributed by atoms with Crippen LogP contribution >= 0.6 is 18.5 Å². The number of hydrogen-bond donors (Lipinski definition) is 0. The molecule has 3 atom stereocenters. The molecular weight excluding hydrogens is 590 g/mol. The Balaban J connectivity index is 1.36. The van der Waals surface area contributed by atoms with Crippen molar-refractivity contribution in [2.75, 3.05) is 0 Å². The van der Waals surface area contributed by atoms with E-state index in [1.165, 1.54) is 99.3 Å². The van der Waals surface area contributed by atoms with Crippen LogP contribution in [-0.2, 0) is 5.16 Å². The van der Waals surface area contributed by atoms with E-state index in [1.54, 1.807) is 11.1 Å². The quantitative estimate of drug-likeness (QED) is 0.234. The molecule has 0 aliphatic heterocycles. The second-order valence-corrected chi connectivity index (χ2v) is 20.3. The molecule has 2 heteroatoms. The largest absolute Gasteiger partial charge is 0.129 e. The van der Waals surface area contributed by atoms with Gasteiger partial charge in [-0.1, -0.05) is 81.4 Å². The second kappa shape index (κ2) is 10.8. The summed E-state index contributed by atoms with van der Waals surface area (Å²) in [6.45, 7) is 7.42. The Bertz CT molecular complexity index is 1500. The molecule has 8 aliphatic rings. The molecular formula is C44H56P2. The highest BCUT2D eigenvalue weighted by Gasteiger charge is 2.69. The maximum atomic E-state index is 3.90. The predicted octanol–water partition coefficient (Wildman–Crippen LogP) is 12.5. The second-order valence-electron chi connectivity index (χ2n) is 18.8. The monoisotopic (exact) mass is 646 g/mol. The lowest BCUT2D eigenvalue weighted by Gasteiger charge is -2.72. The van der Waals surface area contributed by atoms with Crippen molar-refractivity contribution in [3.8, 4) is 22.3 Å². The normalized spacial score (nSPS) is 37.8. The zero-order valence-corrected chi connectivity index (χ0v) is 30.9. The van der Waals surface area contributed by atoms with Gasteiger partial charge in [-0.15, -0.1) is 18.5 Å². The van der Waals surface area contributed by atoms with Gasteiger partial charge in [-0.05, 0) is 174 Å². The van der Waals surface area contributed by atoms with Crippen molar-refractivity contribution in [2.24, 2.45) is 51.8 Å². The summed E-state index contributed by atoms with van der Waals surface area (Å²) in [5.41, 5.74) is 10.3. The molecule has 242 valence electrons. The first-order valence-corrected chi connectivity index (χ1v) is 20.1. The van der Waals surface area contributed by atoms with Gasteiger partial charge < -0.3 is 0 Å². The molecule has 8 saturated carbocycles. The van der Waals surface area contributed by atoms with Crippen molar-refractivity contribution in [3.05, 3.63) is 83.9 Å². The number of rotatable bonds is 6. The highest BCUT2D eigenvalue weighted by atomic mass is 31.0. The molecule has 11 rings (SSSR count). The summed E-state index contributed by atoms with van der Waals surface area (Å²) in [7, 11) is 7.31. The molecule has 8 bridgehead atoms. The van der Waals surface area contributed by atoms with Gasteiger partial charge in [0.2, 0.25) is 0 Å². The summed E-state index contributed by atoms with van der Waals surface area (Å²) in [4.78, 5) is 0. The molecule has 0 heterocycles. The fraction of sp³-hybridized carbons (Fsp3) is 0.591. The SMILES string of the molecule is CC(C)(C)C(P)c1cc(-c2ccccc2)c(-c2ccccc2)cc1C(P)(C12CC3CC(CC(C3)C1)C2)C12CC3CC(CC(C3)C1)C2. The van der Waals surface area contributed by atoms with Gasteiger partial charge in [0.1, 0.15) is 0 Å². The minimum Gasteiger partial charge on any atom is -0.129 e. The third kappa shape index (κ3) is 4.58. The lowest BCUT2D eigenvalue weighted by molar-refractivity contribution is -0.158. The first kappa shape index (κ1) is 30.6. The highest BCUT2D eigenvalue weighted by molar-refractivity contribution is 7.19. The predicted molar refractivity (Wildman–Crippen MR) is 202 cm³/mol. The molecule has 3 aromatic rings. The van der Waals surface area contributed by atoms with Crippen molar-refractivity contribution in [1.29, 1.82) is 0 Å². The summed E-state index contributed by atoms with van der Waals surface area (Å²) in [5, 5.41) is 0.111. The van der Waals surface area contributed by atoms with Crippen LogP contribution in [0.1, 0.15) is 115 Å². The number of hydrogen-bond acceptors (Lipinski definition) is 0. The zero-order valence-electron chi connectivity index (χ0n) is 28.6. The molecule has 0 amide bonds. The topological polar surface area (TPSA) is 0 Å². The molecule has 0 radical (unpaired) electrons. The van der Waals surface area contributed by atoms with Crippen molar-refractivity contribution >= 4 is 18.5 Å². The molecule has 3 unspecified atom stereocenters. The van der Waals surface area contributed by atoms with Crippen molar-refractivity contribution in [1.82, 2.24) is 0 Å². The van der Waals surface area contributed by atoms with E-state index in [0.717, 1.165) is 35.5 Å². The molecule has 0 nitrogen and oxygen atoms in total. The summed E-state index contributed by atoms with van der Waals surface area (Å²) >= 11 is 0. The summed E-state index contributed by atoms with van der Waals surface area (Å²) < 4.78 is 0. The van der Waals surface area contributed by atoms with Crippen LogP contribution in [0.4, 0.5) is 0 Å². The maximum absolute atomic E-state index is 3.90. The Morgan fingerprint density at radius 1 is 0.565 bits per heavy atom. The third-order valence-corrected chi connectivity index (χ3v) is 17.7. The average molecular weight is 647 g/mol. The molecule has 3 aromatic carbocycles. The summed E-state index contributed by atoms with van der Waals surface area (Å²) in [6, 6.07) is 28.2. The van der Waals surface area contributed by atoms with Crippen LogP contribution < -0.4 is 0 Å². The van der Waals surface area contributed by atoms with E-state index in [1.807, 2.05) is 0 Å². The minimum absolute atomic E-state index is 0.111. The van der Waals surface area contributed by atoms with Gasteiger partial charge in [0.15, 0.2) is 0 Å². The Labute approximate surface area is 284 Å². The van der Waals surface area contributed by atoms with Crippen LogP contribution in [0.25, 0.3) is 22.3 Å². The van der Waals surface area contributed by atoms with Gasteiger partial charge >= 0.3 is 0 Å². The molecule has 8 fully saturated rings. The van der Waals surface area contributed by atoms with E-state index in [2.05, 4.69) is 112 Å². The van der Waals surface area contributed by atoms with Crippen LogP contribution in [0, 0.1) is 51.8 Å². The Morgan fingerprint density at radius 3 is 1.26 bits per heavy atom. The van der Waals surface area contributed by atoms with Gasteiger partial charge in [-0.25, -0.2) is 0 Å². The first-order valence-electron chi connectivity index (χ1n) is 18.9. The van der Waals surface area contributed by atoms with Crippen LogP contribution in [0.5, 0.6) is 0 Å². The molecule has 0 saturated heterocycles. The zero-order chi connectivity index (χ0) is 31.5. The molecule has 0 N–H and O–H groups in total. The average Bonchev–Trinajstić information content (AvgIpc) is 3.02. The van der Waals surface area contributed by atoms with Crippen molar-refractivity contribution < 1.29 is 0 Å². The van der Waals surface area contributed by atoms with Crippen LogP contribution in [-0.4, -0.2) is 0 Å². The lowest BCUT2D eigenvalue weighted by Crippen LogP contribution is -2.64. The Morgan fingerprint density at radius 2 is 0.913 bits per heavy atom. The molecule has 8 aliphatic carbocycles. The van der Waals surface area contributed by atoms with Gasteiger partial charge in [-0.2, -0.15) is 0 Å². The third-order valence-electron chi connectivity index (χ3n) is 14.8. The lowest BCUT2D eigenvalue weighted by atomic mass is 9.36. The summed E-state index contributed by atoms with van der Waals surface area (Å²) in [6.07, 6.45) is 18.0.